The van der Waals surface area contributed by atoms with Crippen LogP contribution in [0.5, 0.6) is 0 Å². The molecule has 0 aromatic rings. The fourth-order valence-electron chi connectivity index (χ4n) is 1.66. The maximum Gasteiger partial charge on any atom is 0.411 e. The highest BCUT2D eigenvalue weighted by molar-refractivity contribution is 5.82. The predicted octanol–water partition coefficient (Wildman–Crippen LogP) is 0.784. The first-order chi connectivity index (χ1) is 7.70. The van der Waals surface area contributed by atoms with Crippen molar-refractivity contribution in [2.75, 3.05) is 19.8 Å². The van der Waals surface area contributed by atoms with Crippen molar-refractivity contribution in [3.05, 3.63) is 0 Å². The molecular weight excluding hydrogens is 210 g/mol. The van der Waals surface area contributed by atoms with Gasteiger partial charge in [-0.25, -0.2) is 9.59 Å². The van der Waals surface area contributed by atoms with Gasteiger partial charge in [0, 0.05) is 6.54 Å². The second kappa shape index (κ2) is 6.01. The molecule has 1 aliphatic rings. The first-order valence-electron chi connectivity index (χ1n) is 5.24. The average Bonchev–Trinajstić information content (AvgIpc) is 2.75. The maximum absolute atomic E-state index is 11.5. The fraction of sp³-hybridized carbons (Fsp3) is 0.636. The van der Waals surface area contributed by atoms with Crippen LogP contribution < -0.4 is 0 Å². The van der Waals surface area contributed by atoms with Crippen molar-refractivity contribution in [2.24, 2.45) is 0 Å². The zero-order valence-corrected chi connectivity index (χ0v) is 9.27. The van der Waals surface area contributed by atoms with Crippen LogP contribution in [0.15, 0.2) is 0 Å². The summed E-state index contributed by atoms with van der Waals surface area (Å²) in [6, 6.07) is -0.523. The molecule has 16 heavy (non-hydrogen) atoms. The van der Waals surface area contributed by atoms with Gasteiger partial charge < -0.3 is 9.47 Å². The minimum absolute atomic E-state index is 0.0785. The Balaban J connectivity index is 2.55. The first-order valence-corrected chi connectivity index (χ1v) is 5.24. The van der Waals surface area contributed by atoms with Crippen LogP contribution in [0.3, 0.4) is 0 Å². The molecule has 1 heterocycles. The van der Waals surface area contributed by atoms with Crippen molar-refractivity contribution >= 4 is 12.1 Å². The van der Waals surface area contributed by atoms with E-state index in [1.807, 2.05) is 0 Å². The SMILES string of the molecule is C#CCOC(=O)N1CCCC1C(=O)OCC. The van der Waals surface area contributed by atoms with Gasteiger partial charge in [-0.15, -0.1) is 6.42 Å². The number of hydrogen-bond acceptors (Lipinski definition) is 4. The molecule has 1 unspecified atom stereocenters. The molecular formula is C11H15NO4. The normalized spacial score (nSPS) is 19.0. The number of ether oxygens (including phenoxy) is 2. The van der Waals surface area contributed by atoms with Crippen molar-refractivity contribution in [1.29, 1.82) is 0 Å². The van der Waals surface area contributed by atoms with Crippen molar-refractivity contribution in [3.63, 3.8) is 0 Å². The molecule has 0 bridgehead atoms. The summed E-state index contributed by atoms with van der Waals surface area (Å²) in [4.78, 5) is 24.4. The Kier molecular flexibility index (Phi) is 4.65. The predicted molar refractivity (Wildman–Crippen MR) is 56.5 cm³/mol. The minimum Gasteiger partial charge on any atom is -0.464 e. The van der Waals surface area contributed by atoms with E-state index in [0.717, 1.165) is 6.42 Å². The third kappa shape index (κ3) is 2.89. The van der Waals surface area contributed by atoms with Gasteiger partial charge in [0.2, 0.25) is 0 Å². The molecule has 88 valence electrons. The summed E-state index contributed by atoms with van der Waals surface area (Å²) < 4.78 is 9.66. The summed E-state index contributed by atoms with van der Waals surface area (Å²) >= 11 is 0. The Labute approximate surface area is 94.7 Å². The van der Waals surface area contributed by atoms with E-state index < -0.39 is 12.1 Å². The highest BCUT2D eigenvalue weighted by Gasteiger charge is 2.35. The summed E-state index contributed by atoms with van der Waals surface area (Å²) in [5, 5.41) is 0. The van der Waals surface area contributed by atoms with E-state index in [9.17, 15) is 9.59 Å². The molecule has 0 aromatic heterocycles. The van der Waals surface area contributed by atoms with Crippen molar-refractivity contribution < 1.29 is 19.1 Å². The van der Waals surface area contributed by atoms with Crippen LogP contribution in [0, 0.1) is 12.3 Å². The van der Waals surface area contributed by atoms with E-state index in [1.54, 1.807) is 6.92 Å². The van der Waals surface area contributed by atoms with Crippen LogP contribution in [0.25, 0.3) is 0 Å². The summed E-state index contributed by atoms with van der Waals surface area (Å²) in [6.45, 7) is 2.47. The van der Waals surface area contributed by atoms with E-state index >= 15 is 0 Å². The molecule has 1 amide bonds. The standard InChI is InChI=1S/C11H15NO4/c1-3-8-16-11(14)12-7-5-6-9(12)10(13)15-4-2/h1,9H,4-8H2,2H3. The largest absolute Gasteiger partial charge is 0.464 e. The Morgan fingerprint density at radius 3 is 2.88 bits per heavy atom. The van der Waals surface area contributed by atoms with E-state index in [0.29, 0.717) is 19.6 Å². The van der Waals surface area contributed by atoms with E-state index in [-0.39, 0.29) is 12.6 Å². The third-order valence-electron chi connectivity index (χ3n) is 2.32. The molecule has 1 rings (SSSR count). The molecule has 0 aliphatic carbocycles. The highest BCUT2D eigenvalue weighted by atomic mass is 16.6. The Morgan fingerprint density at radius 2 is 2.25 bits per heavy atom. The lowest BCUT2D eigenvalue weighted by molar-refractivity contribution is -0.147. The smallest absolute Gasteiger partial charge is 0.411 e. The number of hydrogen-bond donors (Lipinski definition) is 0. The number of amides is 1. The van der Waals surface area contributed by atoms with Crippen LogP contribution in [0.4, 0.5) is 4.79 Å². The number of rotatable bonds is 3. The van der Waals surface area contributed by atoms with Gasteiger partial charge in [0.05, 0.1) is 6.61 Å². The monoisotopic (exact) mass is 225 g/mol. The summed E-state index contributed by atoms with van der Waals surface area (Å²) in [6.07, 6.45) is 5.82. The lowest BCUT2D eigenvalue weighted by atomic mass is 10.2. The van der Waals surface area contributed by atoms with Crippen LogP contribution in [0.1, 0.15) is 19.8 Å². The topological polar surface area (TPSA) is 55.8 Å². The molecule has 5 heteroatoms. The lowest BCUT2D eigenvalue weighted by Crippen LogP contribution is -2.41. The summed E-state index contributed by atoms with van der Waals surface area (Å²) in [7, 11) is 0. The van der Waals surface area contributed by atoms with Gasteiger partial charge in [0.25, 0.3) is 0 Å². The van der Waals surface area contributed by atoms with Crippen LogP contribution in [0.2, 0.25) is 0 Å². The number of carbonyl (C=O) groups is 2. The van der Waals surface area contributed by atoms with Crippen molar-refractivity contribution in [1.82, 2.24) is 4.90 Å². The Morgan fingerprint density at radius 1 is 1.50 bits per heavy atom. The van der Waals surface area contributed by atoms with Gasteiger partial charge in [-0.1, -0.05) is 5.92 Å². The van der Waals surface area contributed by atoms with Crippen LogP contribution >= 0.6 is 0 Å². The Bertz CT molecular complexity index is 308. The lowest BCUT2D eigenvalue weighted by Gasteiger charge is -2.21. The highest BCUT2D eigenvalue weighted by Crippen LogP contribution is 2.19. The zero-order valence-electron chi connectivity index (χ0n) is 9.27. The first kappa shape index (κ1) is 12.4. The quantitative estimate of drug-likeness (QED) is 0.526. The molecule has 1 atom stereocenters. The molecule has 0 saturated carbocycles. The number of esters is 1. The van der Waals surface area contributed by atoms with Gasteiger partial charge >= 0.3 is 12.1 Å². The second-order valence-electron chi connectivity index (χ2n) is 3.36. The fourth-order valence-corrected chi connectivity index (χ4v) is 1.66. The Hall–Kier alpha value is -1.70. The van der Waals surface area contributed by atoms with Crippen molar-refractivity contribution in [2.45, 2.75) is 25.8 Å². The number of nitrogens with zero attached hydrogens (tertiary/aromatic N) is 1. The number of carbonyl (C=O) groups excluding carboxylic acids is 2. The van der Waals surface area contributed by atoms with Gasteiger partial charge in [-0.3, -0.25) is 4.90 Å². The summed E-state index contributed by atoms with van der Waals surface area (Å²) in [5.41, 5.74) is 0. The average molecular weight is 225 g/mol. The molecule has 1 fully saturated rings. The molecule has 0 N–H and O–H groups in total. The molecule has 1 saturated heterocycles. The molecule has 0 spiro atoms. The van der Waals surface area contributed by atoms with E-state index in [4.69, 9.17) is 15.9 Å². The minimum atomic E-state index is -0.548. The van der Waals surface area contributed by atoms with Crippen LogP contribution in [-0.2, 0) is 14.3 Å². The molecule has 5 nitrogen and oxygen atoms in total. The maximum atomic E-state index is 11.5. The van der Waals surface area contributed by atoms with E-state index in [2.05, 4.69) is 5.92 Å². The molecule has 0 radical (unpaired) electrons. The number of terminal acetylenes is 1. The van der Waals surface area contributed by atoms with Crippen LogP contribution in [-0.4, -0.2) is 42.8 Å². The third-order valence-corrected chi connectivity index (χ3v) is 2.32. The zero-order chi connectivity index (χ0) is 12.0. The van der Waals surface area contributed by atoms with Gasteiger partial charge in [-0.2, -0.15) is 0 Å². The molecule has 1 aliphatic heterocycles. The molecule has 0 aromatic carbocycles. The van der Waals surface area contributed by atoms with E-state index in [1.165, 1.54) is 4.90 Å². The van der Waals surface area contributed by atoms with Gasteiger partial charge in [0.15, 0.2) is 6.61 Å². The number of likely N-dealkylation sites (tertiary alicyclic amines) is 1. The second-order valence-corrected chi connectivity index (χ2v) is 3.36. The summed E-state index contributed by atoms with van der Waals surface area (Å²) in [5.74, 6) is 1.83. The van der Waals surface area contributed by atoms with Gasteiger partial charge in [-0.05, 0) is 19.8 Å². The van der Waals surface area contributed by atoms with Crippen molar-refractivity contribution in [3.8, 4) is 12.3 Å². The van der Waals surface area contributed by atoms with Gasteiger partial charge in [0.1, 0.15) is 6.04 Å².